The van der Waals surface area contributed by atoms with Crippen LogP contribution in [0.25, 0.3) is 0 Å². The number of esters is 1. The van der Waals surface area contributed by atoms with Crippen molar-refractivity contribution in [2.75, 3.05) is 18.5 Å². The van der Waals surface area contributed by atoms with E-state index in [0.29, 0.717) is 17.1 Å². The summed E-state index contributed by atoms with van der Waals surface area (Å²) in [6.45, 7) is 3.07. The Morgan fingerprint density at radius 1 is 1.19 bits per heavy atom. The third-order valence-electron chi connectivity index (χ3n) is 4.56. The fourth-order valence-electron chi connectivity index (χ4n) is 3.10. The molecule has 0 fully saturated rings. The second-order valence-electron chi connectivity index (χ2n) is 6.45. The van der Waals surface area contributed by atoms with Crippen molar-refractivity contribution >= 4 is 17.6 Å². The Bertz CT molecular complexity index is 842. The predicted octanol–water partition coefficient (Wildman–Crippen LogP) is 2.09. The zero-order valence-corrected chi connectivity index (χ0v) is 15.3. The highest BCUT2D eigenvalue weighted by Crippen LogP contribution is 2.26. The molecule has 1 aromatic carbocycles. The maximum atomic E-state index is 12.0. The number of amides is 1. The fraction of sp³-hybridized carbons (Fsp3) is 0.421. The van der Waals surface area contributed by atoms with E-state index in [-0.39, 0.29) is 13.2 Å². The van der Waals surface area contributed by atoms with E-state index >= 15 is 0 Å². The highest BCUT2D eigenvalue weighted by atomic mass is 16.6. The van der Waals surface area contributed by atoms with E-state index in [9.17, 15) is 9.59 Å². The van der Waals surface area contributed by atoms with Crippen molar-refractivity contribution in [2.24, 2.45) is 7.05 Å². The van der Waals surface area contributed by atoms with Gasteiger partial charge in [0.05, 0.1) is 17.1 Å². The fourth-order valence-corrected chi connectivity index (χ4v) is 3.10. The Morgan fingerprint density at radius 2 is 1.96 bits per heavy atom. The van der Waals surface area contributed by atoms with Crippen LogP contribution in [0.2, 0.25) is 0 Å². The molecule has 1 amide bonds. The number of rotatable bonds is 6. The number of benzene rings is 1. The molecule has 0 atom stereocenters. The molecule has 0 saturated carbocycles. The molecule has 3 rings (SSSR count). The van der Waals surface area contributed by atoms with Crippen molar-refractivity contribution in [2.45, 2.75) is 33.1 Å². The van der Waals surface area contributed by atoms with E-state index in [1.54, 1.807) is 18.7 Å². The average molecular weight is 357 g/mol. The van der Waals surface area contributed by atoms with Crippen LogP contribution in [0.3, 0.4) is 0 Å². The highest BCUT2D eigenvalue weighted by Gasteiger charge is 2.15. The van der Waals surface area contributed by atoms with Crippen molar-refractivity contribution in [3.05, 3.63) is 40.7 Å². The number of aromatic nitrogens is 2. The Hall–Kier alpha value is -2.83. The second kappa shape index (κ2) is 7.59. The molecule has 0 spiro atoms. The number of anilines is 1. The van der Waals surface area contributed by atoms with Crippen LogP contribution >= 0.6 is 0 Å². The van der Waals surface area contributed by atoms with E-state index < -0.39 is 11.9 Å². The molecule has 0 unspecified atom stereocenters. The standard InChI is InChI=1S/C19H23N3O4/c1-12-19(13(2)22(3)21-12)20-17(23)10-26-18(24)11-25-16-8-7-14-5-4-6-15(14)9-16/h7-9H,4-6,10-11H2,1-3H3,(H,20,23). The summed E-state index contributed by atoms with van der Waals surface area (Å²) in [5.74, 6) is -0.343. The van der Waals surface area contributed by atoms with Gasteiger partial charge in [0.15, 0.2) is 13.2 Å². The molecular weight excluding hydrogens is 334 g/mol. The van der Waals surface area contributed by atoms with Crippen LogP contribution in [0.1, 0.15) is 28.9 Å². The summed E-state index contributed by atoms with van der Waals surface area (Å²) in [7, 11) is 1.80. The Morgan fingerprint density at radius 3 is 2.69 bits per heavy atom. The van der Waals surface area contributed by atoms with E-state index in [2.05, 4.69) is 10.4 Å². The first-order chi connectivity index (χ1) is 12.4. The normalized spacial score (nSPS) is 12.6. The maximum absolute atomic E-state index is 12.0. The number of carbonyl (C=O) groups is 2. The summed E-state index contributed by atoms with van der Waals surface area (Å²) in [5.41, 5.74) is 4.81. The van der Waals surface area contributed by atoms with Gasteiger partial charge in [0.25, 0.3) is 5.91 Å². The smallest absolute Gasteiger partial charge is 0.344 e. The zero-order valence-electron chi connectivity index (χ0n) is 15.3. The Balaban J connectivity index is 1.44. The van der Waals surface area contributed by atoms with Gasteiger partial charge in [0, 0.05) is 7.05 Å². The second-order valence-corrected chi connectivity index (χ2v) is 6.45. The monoisotopic (exact) mass is 357 g/mol. The lowest BCUT2D eigenvalue weighted by Gasteiger charge is -2.09. The van der Waals surface area contributed by atoms with E-state index in [0.717, 1.165) is 25.0 Å². The van der Waals surface area contributed by atoms with Crippen LogP contribution in [0.5, 0.6) is 5.75 Å². The van der Waals surface area contributed by atoms with Crippen LogP contribution in [0.4, 0.5) is 5.69 Å². The van der Waals surface area contributed by atoms with Crippen molar-refractivity contribution in [1.29, 1.82) is 0 Å². The van der Waals surface area contributed by atoms with Gasteiger partial charge in [-0.3, -0.25) is 9.48 Å². The quantitative estimate of drug-likeness (QED) is 0.801. The molecule has 1 aromatic heterocycles. The minimum absolute atomic E-state index is 0.225. The number of fused-ring (bicyclic) bond motifs is 1. The molecule has 7 nitrogen and oxygen atoms in total. The SMILES string of the molecule is Cc1nn(C)c(C)c1NC(=O)COC(=O)COc1ccc2c(c1)CCC2. The van der Waals surface area contributed by atoms with Crippen molar-refractivity contribution in [3.8, 4) is 5.75 Å². The Labute approximate surface area is 152 Å². The van der Waals surface area contributed by atoms with Crippen molar-refractivity contribution in [3.63, 3.8) is 0 Å². The largest absolute Gasteiger partial charge is 0.482 e. The van der Waals surface area contributed by atoms with E-state index in [1.165, 1.54) is 11.1 Å². The van der Waals surface area contributed by atoms with Gasteiger partial charge in [-0.1, -0.05) is 6.07 Å². The predicted molar refractivity (Wildman–Crippen MR) is 96.2 cm³/mol. The molecule has 0 saturated heterocycles. The lowest BCUT2D eigenvalue weighted by Crippen LogP contribution is -2.24. The number of hydrogen-bond acceptors (Lipinski definition) is 5. The Kier molecular flexibility index (Phi) is 5.25. The topological polar surface area (TPSA) is 82.5 Å². The number of ether oxygens (including phenoxy) is 2. The highest BCUT2D eigenvalue weighted by molar-refractivity contribution is 5.93. The van der Waals surface area contributed by atoms with Gasteiger partial charge in [-0.2, -0.15) is 5.10 Å². The zero-order chi connectivity index (χ0) is 18.7. The first kappa shape index (κ1) is 18.0. The molecule has 0 aliphatic heterocycles. The molecule has 1 heterocycles. The first-order valence-electron chi connectivity index (χ1n) is 8.64. The number of nitrogens with one attached hydrogen (secondary N) is 1. The molecule has 1 aliphatic carbocycles. The number of hydrogen-bond donors (Lipinski definition) is 1. The maximum Gasteiger partial charge on any atom is 0.344 e. The summed E-state index contributed by atoms with van der Waals surface area (Å²) >= 11 is 0. The molecule has 1 aliphatic rings. The number of nitrogens with zero attached hydrogens (tertiary/aromatic N) is 2. The van der Waals surface area contributed by atoms with Gasteiger partial charge in [0.2, 0.25) is 0 Å². The molecule has 0 radical (unpaired) electrons. The minimum Gasteiger partial charge on any atom is -0.482 e. The molecule has 0 bridgehead atoms. The summed E-state index contributed by atoms with van der Waals surface area (Å²) in [4.78, 5) is 23.8. The number of aryl methyl sites for hydroxylation is 4. The van der Waals surface area contributed by atoms with Crippen LogP contribution in [0.15, 0.2) is 18.2 Å². The van der Waals surface area contributed by atoms with E-state index in [4.69, 9.17) is 9.47 Å². The van der Waals surface area contributed by atoms with Crippen LogP contribution in [-0.2, 0) is 34.2 Å². The van der Waals surface area contributed by atoms with Crippen LogP contribution in [0, 0.1) is 13.8 Å². The summed E-state index contributed by atoms with van der Waals surface area (Å²) in [5, 5.41) is 6.94. The molecule has 7 heteroatoms. The van der Waals surface area contributed by atoms with Gasteiger partial charge < -0.3 is 14.8 Å². The third-order valence-corrected chi connectivity index (χ3v) is 4.56. The van der Waals surface area contributed by atoms with E-state index in [1.807, 2.05) is 25.1 Å². The molecule has 26 heavy (non-hydrogen) atoms. The minimum atomic E-state index is -0.583. The lowest BCUT2D eigenvalue weighted by molar-refractivity contribution is -0.149. The van der Waals surface area contributed by atoms with Gasteiger partial charge in [-0.25, -0.2) is 4.79 Å². The van der Waals surface area contributed by atoms with Gasteiger partial charge in [-0.05, 0) is 56.4 Å². The molecule has 2 aromatic rings. The van der Waals surface area contributed by atoms with Gasteiger partial charge >= 0.3 is 5.97 Å². The average Bonchev–Trinajstić information content (AvgIpc) is 3.17. The first-order valence-corrected chi connectivity index (χ1v) is 8.64. The number of carbonyl (C=O) groups excluding carboxylic acids is 2. The lowest BCUT2D eigenvalue weighted by atomic mass is 10.1. The summed E-state index contributed by atoms with van der Waals surface area (Å²) < 4.78 is 12.1. The van der Waals surface area contributed by atoms with Crippen LogP contribution in [-0.4, -0.2) is 34.9 Å². The third kappa shape index (κ3) is 4.04. The van der Waals surface area contributed by atoms with Crippen molar-refractivity contribution < 1.29 is 19.1 Å². The van der Waals surface area contributed by atoms with Crippen LogP contribution < -0.4 is 10.1 Å². The summed E-state index contributed by atoms with van der Waals surface area (Å²) in [6, 6.07) is 5.86. The van der Waals surface area contributed by atoms with Gasteiger partial charge in [0.1, 0.15) is 5.75 Å². The van der Waals surface area contributed by atoms with Gasteiger partial charge in [-0.15, -0.1) is 0 Å². The van der Waals surface area contributed by atoms with Crippen molar-refractivity contribution in [1.82, 2.24) is 9.78 Å². The molecular formula is C19H23N3O4. The molecule has 1 N–H and O–H groups in total. The summed E-state index contributed by atoms with van der Waals surface area (Å²) in [6.07, 6.45) is 3.30. The molecule has 138 valence electrons.